The summed E-state index contributed by atoms with van der Waals surface area (Å²) < 4.78 is 18.3. The number of nitrogens with one attached hydrogen (secondary N) is 1. The first-order chi connectivity index (χ1) is 8.93. The van der Waals surface area contributed by atoms with Gasteiger partial charge in [0, 0.05) is 6.04 Å². The molecular weight excluding hydrogens is 245 g/mol. The smallest absolute Gasteiger partial charge is 0.165 e. The number of halogens is 1. The van der Waals surface area contributed by atoms with Crippen molar-refractivity contribution in [2.75, 3.05) is 13.7 Å². The summed E-state index contributed by atoms with van der Waals surface area (Å²) in [6, 6.07) is 5.01. The van der Waals surface area contributed by atoms with Gasteiger partial charge in [-0.15, -0.1) is 0 Å². The molecule has 108 valence electrons. The molecule has 0 amide bonds. The van der Waals surface area contributed by atoms with Crippen LogP contribution < -0.4 is 10.1 Å². The summed E-state index contributed by atoms with van der Waals surface area (Å²) in [6.45, 7) is 6.73. The standard InChI is InChI=1S/C15H24FNO2/c1-10(7-11(2)18)9-17-12(3)13-5-6-14(16)15(8-13)19-4/h5-6,8,10-12,17-18H,7,9H2,1-4H3. The van der Waals surface area contributed by atoms with Crippen LogP contribution in [0.1, 0.15) is 38.8 Å². The zero-order chi connectivity index (χ0) is 14.4. The van der Waals surface area contributed by atoms with Gasteiger partial charge in [-0.25, -0.2) is 4.39 Å². The van der Waals surface area contributed by atoms with Crippen LogP contribution in [0, 0.1) is 11.7 Å². The summed E-state index contributed by atoms with van der Waals surface area (Å²) in [5.41, 5.74) is 0.988. The van der Waals surface area contributed by atoms with Crippen LogP contribution in [0.3, 0.4) is 0 Å². The first-order valence-electron chi connectivity index (χ1n) is 6.69. The van der Waals surface area contributed by atoms with E-state index in [9.17, 15) is 9.50 Å². The number of aliphatic hydroxyl groups is 1. The van der Waals surface area contributed by atoms with E-state index in [2.05, 4.69) is 12.2 Å². The second-order valence-corrected chi connectivity index (χ2v) is 5.21. The molecule has 0 aliphatic heterocycles. The van der Waals surface area contributed by atoms with E-state index in [1.807, 2.05) is 6.92 Å². The Morgan fingerprint density at radius 1 is 1.32 bits per heavy atom. The highest BCUT2D eigenvalue weighted by molar-refractivity contribution is 5.31. The molecular formula is C15H24FNO2. The van der Waals surface area contributed by atoms with Gasteiger partial charge in [-0.05, 0) is 50.4 Å². The van der Waals surface area contributed by atoms with Gasteiger partial charge >= 0.3 is 0 Å². The van der Waals surface area contributed by atoms with Crippen LogP contribution in [0.5, 0.6) is 5.75 Å². The molecule has 4 heteroatoms. The number of methoxy groups -OCH3 is 1. The molecule has 1 rings (SSSR count). The molecule has 3 atom stereocenters. The van der Waals surface area contributed by atoms with Crippen molar-refractivity contribution in [3.8, 4) is 5.75 Å². The van der Waals surface area contributed by atoms with Crippen LogP contribution >= 0.6 is 0 Å². The second-order valence-electron chi connectivity index (χ2n) is 5.21. The number of aliphatic hydroxyl groups excluding tert-OH is 1. The van der Waals surface area contributed by atoms with E-state index in [0.29, 0.717) is 5.92 Å². The number of hydrogen-bond acceptors (Lipinski definition) is 3. The van der Waals surface area contributed by atoms with E-state index in [-0.39, 0.29) is 23.7 Å². The Morgan fingerprint density at radius 2 is 2.00 bits per heavy atom. The third kappa shape index (κ3) is 5.17. The molecule has 3 nitrogen and oxygen atoms in total. The summed E-state index contributed by atoms with van der Waals surface area (Å²) in [5, 5.41) is 12.7. The summed E-state index contributed by atoms with van der Waals surface area (Å²) in [4.78, 5) is 0. The van der Waals surface area contributed by atoms with Crippen molar-refractivity contribution in [2.24, 2.45) is 5.92 Å². The van der Waals surface area contributed by atoms with Crippen molar-refractivity contribution in [3.05, 3.63) is 29.6 Å². The Labute approximate surface area is 114 Å². The second kappa shape index (κ2) is 7.46. The molecule has 0 radical (unpaired) electrons. The van der Waals surface area contributed by atoms with Gasteiger partial charge in [0.05, 0.1) is 13.2 Å². The fraction of sp³-hybridized carbons (Fsp3) is 0.600. The molecule has 0 bridgehead atoms. The van der Waals surface area contributed by atoms with Crippen molar-refractivity contribution >= 4 is 0 Å². The van der Waals surface area contributed by atoms with Gasteiger partial charge in [-0.1, -0.05) is 13.0 Å². The maximum Gasteiger partial charge on any atom is 0.165 e. The highest BCUT2D eigenvalue weighted by atomic mass is 19.1. The lowest BCUT2D eigenvalue weighted by Crippen LogP contribution is -2.26. The molecule has 0 saturated heterocycles. The Balaban J connectivity index is 2.56. The molecule has 0 saturated carbocycles. The lowest BCUT2D eigenvalue weighted by molar-refractivity contribution is 0.162. The SMILES string of the molecule is COc1cc(C(C)NCC(C)CC(C)O)ccc1F. The van der Waals surface area contributed by atoms with E-state index in [1.54, 1.807) is 19.1 Å². The fourth-order valence-corrected chi connectivity index (χ4v) is 2.11. The summed E-state index contributed by atoms with van der Waals surface area (Å²) in [6.07, 6.45) is 0.491. The normalized spacial score (nSPS) is 15.9. The minimum atomic E-state index is -0.346. The minimum absolute atomic E-state index is 0.117. The first-order valence-corrected chi connectivity index (χ1v) is 6.69. The highest BCUT2D eigenvalue weighted by Gasteiger charge is 2.11. The maximum atomic E-state index is 13.3. The predicted molar refractivity (Wildman–Crippen MR) is 74.8 cm³/mol. The van der Waals surface area contributed by atoms with E-state index < -0.39 is 0 Å². The Kier molecular flexibility index (Phi) is 6.25. The number of ether oxygens (including phenoxy) is 1. The number of rotatable bonds is 7. The van der Waals surface area contributed by atoms with Crippen LogP contribution in [-0.4, -0.2) is 24.9 Å². The molecule has 0 heterocycles. The molecule has 0 aromatic heterocycles. The van der Waals surface area contributed by atoms with E-state index in [1.165, 1.54) is 13.2 Å². The summed E-state index contributed by atoms with van der Waals surface area (Å²) >= 11 is 0. The van der Waals surface area contributed by atoms with Gasteiger partial charge in [0.2, 0.25) is 0 Å². The molecule has 3 unspecified atom stereocenters. The topological polar surface area (TPSA) is 41.5 Å². The van der Waals surface area contributed by atoms with Gasteiger partial charge in [0.1, 0.15) is 0 Å². The van der Waals surface area contributed by atoms with Gasteiger partial charge in [0.15, 0.2) is 11.6 Å². The zero-order valence-corrected chi connectivity index (χ0v) is 12.1. The van der Waals surface area contributed by atoms with Crippen molar-refractivity contribution < 1.29 is 14.2 Å². The van der Waals surface area contributed by atoms with Crippen molar-refractivity contribution in [1.82, 2.24) is 5.32 Å². The molecule has 0 aliphatic carbocycles. The predicted octanol–water partition coefficient (Wildman–Crippen LogP) is 2.89. The van der Waals surface area contributed by atoms with E-state index >= 15 is 0 Å². The van der Waals surface area contributed by atoms with Gasteiger partial charge in [-0.3, -0.25) is 0 Å². The van der Waals surface area contributed by atoms with Crippen LogP contribution in [0.15, 0.2) is 18.2 Å². The summed E-state index contributed by atoms with van der Waals surface area (Å²) in [5.74, 6) is 0.314. The van der Waals surface area contributed by atoms with Crippen molar-refractivity contribution in [1.29, 1.82) is 0 Å². The Hall–Kier alpha value is -1.13. The van der Waals surface area contributed by atoms with Gasteiger partial charge in [0.25, 0.3) is 0 Å². The van der Waals surface area contributed by atoms with Crippen LogP contribution in [0.2, 0.25) is 0 Å². The number of hydrogen-bond donors (Lipinski definition) is 2. The molecule has 19 heavy (non-hydrogen) atoms. The molecule has 0 fully saturated rings. The fourth-order valence-electron chi connectivity index (χ4n) is 2.11. The maximum absolute atomic E-state index is 13.3. The highest BCUT2D eigenvalue weighted by Crippen LogP contribution is 2.22. The molecule has 0 spiro atoms. The van der Waals surface area contributed by atoms with Gasteiger partial charge < -0.3 is 15.2 Å². The average Bonchev–Trinajstić information content (AvgIpc) is 2.35. The molecule has 2 N–H and O–H groups in total. The first kappa shape index (κ1) is 15.9. The van der Waals surface area contributed by atoms with Crippen LogP contribution in [0.25, 0.3) is 0 Å². The average molecular weight is 269 g/mol. The quantitative estimate of drug-likeness (QED) is 0.799. The third-order valence-corrected chi connectivity index (χ3v) is 3.19. The minimum Gasteiger partial charge on any atom is -0.494 e. The molecule has 1 aromatic rings. The number of benzene rings is 1. The lowest BCUT2D eigenvalue weighted by atomic mass is 10.0. The van der Waals surface area contributed by atoms with Crippen molar-refractivity contribution in [3.63, 3.8) is 0 Å². The van der Waals surface area contributed by atoms with Crippen LogP contribution in [0.4, 0.5) is 4.39 Å². The summed E-state index contributed by atoms with van der Waals surface area (Å²) in [7, 11) is 1.46. The lowest BCUT2D eigenvalue weighted by Gasteiger charge is -2.19. The largest absolute Gasteiger partial charge is 0.494 e. The monoisotopic (exact) mass is 269 g/mol. The Bertz CT molecular complexity index is 396. The van der Waals surface area contributed by atoms with Gasteiger partial charge in [-0.2, -0.15) is 0 Å². The zero-order valence-electron chi connectivity index (χ0n) is 12.1. The van der Waals surface area contributed by atoms with Crippen LogP contribution in [-0.2, 0) is 0 Å². The molecule has 0 aliphatic rings. The molecule has 1 aromatic carbocycles. The van der Waals surface area contributed by atoms with E-state index in [4.69, 9.17) is 4.74 Å². The van der Waals surface area contributed by atoms with E-state index in [0.717, 1.165) is 18.5 Å². The third-order valence-electron chi connectivity index (χ3n) is 3.19. The van der Waals surface area contributed by atoms with Crippen molar-refractivity contribution in [2.45, 2.75) is 39.3 Å². The Morgan fingerprint density at radius 3 is 2.58 bits per heavy atom.